The van der Waals surface area contributed by atoms with E-state index in [1.165, 1.54) is 17.6 Å². The molecule has 5 nitrogen and oxygen atoms in total. The second-order valence-corrected chi connectivity index (χ2v) is 7.57. The Hall–Kier alpha value is -1.76. The zero-order chi connectivity index (χ0) is 17.3. The molecule has 0 N–H and O–H groups in total. The number of pyridine rings is 1. The highest BCUT2D eigenvalue weighted by atomic mass is 32.1. The maximum atomic E-state index is 11.6. The Bertz CT molecular complexity index is 766. The van der Waals surface area contributed by atoms with Crippen molar-refractivity contribution in [2.24, 2.45) is 0 Å². The van der Waals surface area contributed by atoms with Crippen LogP contribution in [0, 0.1) is 0 Å². The molecule has 4 rings (SSSR count). The maximum Gasteiger partial charge on any atom is 0.356 e. The number of nitrogens with zero attached hydrogens (tertiary/aromatic N) is 2. The predicted octanol–water partition coefficient (Wildman–Crippen LogP) is 2.99. The topological polar surface area (TPSA) is 51.7 Å². The summed E-state index contributed by atoms with van der Waals surface area (Å²) in [5, 5.41) is 2.19. The van der Waals surface area contributed by atoms with Gasteiger partial charge in [-0.05, 0) is 48.4 Å². The number of esters is 1. The van der Waals surface area contributed by atoms with E-state index in [2.05, 4.69) is 21.3 Å². The molecule has 2 aliphatic heterocycles. The van der Waals surface area contributed by atoms with Crippen LogP contribution in [0.1, 0.15) is 39.5 Å². The first-order valence-corrected chi connectivity index (χ1v) is 9.55. The molecule has 2 aliphatic rings. The summed E-state index contributed by atoms with van der Waals surface area (Å²) in [6, 6.07) is 7.76. The molecule has 4 heterocycles. The van der Waals surface area contributed by atoms with Gasteiger partial charge in [0.25, 0.3) is 0 Å². The van der Waals surface area contributed by atoms with Crippen LogP contribution in [0.4, 0.5) is 0 Å². The van der Waals surface area contributed by atoms with E-state index in [-0.39, 0.29) is 11.6 Å². The van der Waals surface area contributed by atoms with E-state index in [0.29, 0.717) is 5.69 Å². The Morgan fingerprint density at radius 2 is 2.20 bits per heavy atom. The average Bonchev–Trinajstić information content (AvgIpc) is 3.14. The number of aromatic nitrogens is 1. The lowest BCUT2D eigenvalue weighted by Gasteiger charge is -2.43. The number of methoxy groups -OCH3 is 1. The van der Waals surface area contributed by atoms with E-state index < -0.39 is 0 Å². The van der Waals surface area contributed by atoms with Gasteiger partial charge in [-0.1, -0.05) is 6.07 Å². The standard InChI is InChI=1S/C19H22N2O3S/c1-23-18(22)16-4-2-3-15(20-16)13-21-9-7-19(8-10-21)17-14(5-11-24-19)6-12-25-17/h2-4,6,12H,5,7-11,13H2,1H3. The van der Waals surface area contributed by atoms with E-state index in [1.807, 2.05) is 23.5 Å². The number of thiophene rings is 1. The summed E-state index contributed by atoms with van der Waals surface area (Å²) in [4.78, 5) is 19.9. The van der Waals surface area contributed by atoms with Gasteiger partial charge in [-0.25, -0.2) is 9.78 Å². The molecule has 6 heteroatoms. The third kappa shape index (κ3) is 3.21. The van der Waals surface area contributed by atoms with Gasteiger partial charge in [-0.3, -0.25) is 4.90 Å². The van der Waals surface area contributed by atoms with Gasteiger partial charge >= 0.3 is 5.97 Å². The lowest BCUT2D eigenvalue weighted by Crippen LogP contribution is -2.45. The third-order valence-corrected chi connectivity index (χ3v) is 6.30. The Balaban J connectivity index is 1.43. The summed E-state index contributed by atoms with van der Waals surface area (Å²) in [5.74, 6) is -0.389. The lowest BCUT2D eigenvalue weighted by atomic mass is 9.85. The van der Waals surface area contributed by atoms with Gasteiger partial charge in [0.15, 0.2) is 0 Å². The van der Waals surface area contributed by atoms with E-state index in [9.17, 15) is 4.79 Å². The molecular weight excluding hydrogens is 336 g/mol. The van der Waals surface area contributed by atoms with Crippen molar-refractivity contribution in [1.29, 1.82) is 0 Å². The highest BCUT2D eigenvalue weighted by Crippen LogP contribution is 2.44. The van der Waals surface area contributed by atoms with Crippen LogP contribution in [-0.2, 0) is 28.0 Å². The van der Waals surface area contributed by atoms with Crippen molar-refractivity contribution in [3.8, 4) is 0 Å². The maximum absolute atomic E-state index is 11.6. The van der Waals surface area contributed by atoms with Gasteiger partial charge in [-0.2, -0.15) is 0 Å². The number of rotatable bonds is 3. The number of ether oxygens (including phenoxy) is 2. The van der Waals surface area contributed by atoms with Crippen molar-refractivity contribution in [3.05, 3.63) is 51.5 Å². The largest absolute Gasteiger partial charge is 0.464 e. The Kier molecular flexibility index (Phi) is 4.58. The van der Waals surface area contributed by atoms with Crippen LogP contribution < -0.4 is 0 Å². The molecular formula is C19H22N2O3S. The lowest BCUT2D eigenvalue weighted by molar-refractivity contribution is -0.0961. The first-order valence-electron chi connectivity index (χ1n) is 8.68. The smallest absolute Gasteiger partial charge is 0.356 e. The van der Waals surface area contributed by atoms with E-state index >= 15 is 0 Å². The van der Waals surface area contributed by atoms with Crippen LogP contribution in [0.15, 0.2) is 29.6 Å². The molecule has 1 fully saturated rings. The molecule has 2 aromatic heterocycles. The summed E-state index contributed by atoms with van der Waals surface area (Å²) >= 11 is 1.84. The number of piperidine rings is 1. The Labute approximate surface area is 151 Å². The first kappa shape index (κ1) is 16.7. The molecule has 0 atom stereocenters. The number of hydrogen-bond acceptors (Lipinski definition) is 6. The van der Waals surface area contributed by atoms with E-state index in [1.54, 1.807) is 6.07 Å². The van der Waals surface area contributed by atoms with Crippen LogP contribution in [0.25, 0.3) is 0 Å². The molecule has 0 aromatic carbocycles. The van der Waals surface area contributed by atoms with Crippen LogP contribution in [-0.4, -0.2) is 42.7 Å². The second-order valence-electron chi connectivity index (χ2n) is 6.65. The van der Waals surface area contributed by atoms with Gasteiger partial charge in [0.1, 0.15) is 11.3 Å². The van der Waals surface area contributed by atoms with Crippen LogP contribution in [0.5, 0.6) is 0 Å². The normalized spacial score (nSPS) is 19.6. The van der Waals surface area contributed by atoms with Gasteiger partial charge in [0.2, 0.25) is 0 Å². The molecule has 1 saturated heterocycles. The number of likely N-dealkylation sites (tertiary alicyclic amines) is 1. The molecule has 0 radical (unpaired) electrons. The molecule has 0 aliphatic carbocycles. The van der Waals surface area contributed by atoms with Crippen molar-refractivity contribution in [3.63, 3.8) is 0 Å². The fourth-order valence-corrected chi connectivity index (χ4v) is 4.98. The minimum Gasteiger partial charge on any atom is -0.464 e. The zero-order valence-electron chi connectivity index (χ0n) is 14.4. The van der Waals surface area contributed by atoms with Crippen molar-refractivity contribution in [1.82, 2.24) is 9.88 Å². The quantitative estimate of drug-likeness (QED) is 0.790. The van der Waals surface area contributed by atoms with Gasteiger partial charge in [0, 0.05) is 24.5 Å². The molecule has 0 saturated carbocycles. The summed E-state index contributed by atoms with van der Waals surface area (Å²) in [5.41, 5.74) is 2.66. The summed E-state index contributed by atoms with van der Waals surface area (Å²) in [7, 11) is 1.38. The minimum atomic E-state index is -0.389. The van der Waals surface area contributed by atoms with E-state index in [4.69, 9.17) is 9.47 Å². The molecule has 25 heavy (non-hydrogen) atoms. The molecule has 0 unspecified atom stereocenters. The number of carbonyl (C=O) groups is 1. The molecule has 1 spiro atoms. The summed E-state index contributed by atoms with van der Waals surface area (Å²) < 4.78 is 11.0. The van der Waals surface area contributed by atoms with Crippen LogP contribution in [0.2, 0.25) is 0 Å². The highest BCUT2D eigenvalue weighted by molar-refractivity contribution is 7.10. The molecule has 0 amide bonds. The van der Waals surface area contributed by atoms with Crippen molar-refractivity contribution < 1.29 is 14.3 Å². The fraction of sp³-hybridized carbons (Fsp3) is 0.474. The predicted molar refractivity (Wildman–Crippen MR) is 95.7 cm³/mol. The highest BCUT2D eigenvalue weighted by Gasteiger charge is 2.41. The van der Waals surface area contributed by atoms with Gasteiger partial charge in [0.05, 0.1) is 19.4 Å². The Morgan fingerprint density at radius 1 is 1.36 bits per heavy atom. The fourth-order valence-electron chi connectivity index (χ4n) is 3.81. The van der Waals surface area contributed by atoms with Crippen LogP contribution >= 0.6 is 11.3 Å². The van der Waals surface area contributed by atoms with Gasteiger partial charge < -0.3 is 9.47 Å². The SMILES string of the molecule is COC(=O)c1cccc(CN2CCC3(CC2)OCCc2ccsc23)n1. The minimum absolute atomic E-state index is 0.0838. The molecule has 2 aromatic rings. The summed E-state index contributed by atoms with van der Waals surface area (Å²) in [6.07, 6.45) is 3.06. The second kappa shape index (κ2) is 6.86. The number of hydrogen-bond donors (Lipinski definition) is 0. The Morgan fingerprint density at radius 3 is 3.00 bits per heavy atom. The summed E-state index contributed by atoms with van der Waals surface area (Å²) in [6.45, 7) is 3.52. The van der Waals surface area contributed by atoms with Crippen LogP contribution in [0.3, 0.4) is 0 Å². The third-order valence-electron chi connectivity index (χ3n) is 5.16. The molecule has 132 valence electrons. The first-order chi connectivity index (χ1) is 12.2. The van der Waals surface area contributed by atoms with Crippen molar-refractivity contribution in [2.45, 2.75) is 31.4 Å². The zero-order valence-corrected chi connectivity index (χ0v) is 15.2. The van der Waals surface area contributed by atoms with Crippen molar-refractivity contribution in [2.75, 3.05) is 26.8 Å². The molecule has 0 bridgehead atoms. The number of carbonyl (C=O) groups excluding carboxylic acids is 1. The van der Waals surface area contributed by atoms with Crippen molar-refractivity contribution >= 4 is 17.3 Å². The van der Waals surface area contributed by atoms with E-state index in [0.717, 1.165) is 51.2 Å². The monoisotopic (exact) mass is 358 g/mol. The average molecular weight is 358 g/mol. The number of fused-ring (bicyclic) bond motifs is 2. The van der Waals surface area contributed by atoms with Gasteiger partial charge in [-0.15, -0.1) is 11.3 Å².